The lowest BCUT2D eigenvalue weighted by Gasteiger charge is -2.08. The Kier molecular flexibility index (Phi) is 4.00. The third-order valence-corrected chi connectivity index (χ3v) is 3.28. The molecule has 1 nitrogen and oxygen atoms in total. The molecule has 3 heteroatoms. The zero-order valence-corrected chi connectivity index (χ0v) is 11.2. The minimum atomic E-state index is -0.192. The van der Waals surface area contributed by atoms with Crippen LogP contribution in [0.5, 0.6) is 0 Å². The summed E-state index contributed by atoms with van der Waals surface area (Å²) >= 11 is 6.20. The molecule has 0 aromatic heterocycles. The Balaban J connectivity index is 2.39. The molecule has 0 bridgehead atoms. The molecule has 0 heterocycles. The third kappa shape index (κ3) is 2.71. The second-order valence-electron chi connectivity index (χ2n) is 4.30. The molecular formula is C15H15ClFN. The Morgan fingerprint density at radius 3 is 2.39 bits per heavy atom. The summed E-state index contributed by atoms with van der Waals surface area (Å²) in [5, 5.41) is 3.75. The summed E-state index contributed by atoms with van der Waals surface area (Å²) in [6, 6.07) is 11.0. The van der Waals surface area contributed by atoms with Gasteiger partial charge >= 0.3 is 0 Å². The molecule has 2 aromatic carbocycles. The Morgan fingerprint density at radius 2 is 1.78 bits per heavy atom. The van der Waals surface area contributed by atoms with Crippen LogP contribution < -0.4 is 5.32 Å². The van der Waals surface area contributed by atoms with Crippen molar-refractivity contribution in [3.8, 4) is 11.1 Å². The molecule has 2 rings (SSSR count). The van der Waals surface area contributed by atoms with Crippen LogP contribution in [-0.4, -0.2) is 7.05 Å². The van der Waals surface area contributed by atoms with Crippen molar-refractivity contribution in [2.75, 3.05) is 7.05 Å². The van der Waals surface area contributed by atoms with Gasteiger partial charge in [-0.3, -0.25) is 0 Å². The topological polar surface area (TPSA) is 12.0 Å². The van der Waals surface area contributed by atoms with E-state index >= 15 is 0 Å². The zero-order valence-electron chi connectivity index (χ0n) is 10.4. The lowest BCUT2D eigenvalue weighted by molar-refractivity contribution is 0.619. The van der Waals surface area contributed by atoms with Crippen molar-refractivity contribution in [3.63, 3.8) is 0 Å². The van der Waals surface area contributed by atoms with E-state index in [0.29, 0.717) is 10.6 Å². The van der Waals surface area contributed by atoms with Crippen molar-refractivity contribution in [2.45, 2.75) is 13.5 Å². The molecule has 0 aliphatic carbocycles. The number of aryl methyl sites for hydroxylation is 1. The van der Waals surface area contributed by atoms with E-state index in [-0.39, 0.29) is 5.82 Å². The van der Waals surface area contributed by atoms with Gasteiger partial charge < -0.3 is 5.32 Å². The first-order valence-corrected chi connectivity index (χ1v) is 6.19. The summed E-state index contributed by atoms with van der Waals surface area (Å²) in [7, 11) is 1.87. The van der Waals surface area contributed by atoms with Gasteiger partial charge in [0.25, 0.3) is 0 Å². The van der Waals surface area contributed by atoms with E-state index in [2.05, 4.69) is 5.32 Å². The van der Waals surface area contributed by atoms with E-state index in [1.54, 1.807) is 19.1 Å². The summed E-state index contributed by atoms with van der Waals surface area (Å²) in [4.78, 5) is 0. The highest BCUT2D eigenvalue weighted by atomic mass is 35.5. The van der Waals surface area contributed by atoms with E-state index < -0.39 is 0 Å². The quantitative estimate of drug-likeness (QED) is 0.876. The van der Waals surface area contributed by atoms with Gasteiger partial charge in [0.2, 0.25) is 0 Å². The number of hydrogen-bond acceptors (Lipinski definition) is 1. The average Bonchev–Trinajstić information content (AvgIpc) is 2.35. The number of nitrogens with one attached hydrogen (secondary N) is 1. The van der Waals surface area contributed by atoms with Crippen molar-refractivity contribution >= 4 is 11.6 Å². The lowest BCUT2D eigenvalue weighted by atomic mass is 10.0. The summed E-state index contributed by atoms with van der Waals surface area (Å²) < 4.78 is 13.5. The summed E-state index contributed by atoms with van der Waals surface area (Å²) in [5.41, 5.74) is 3.46. The Bertz CT molecular complexity index is 566. The maximum absolute atomic E-state index is 13.5. The second kappa shape index (κ2) is 5.51. The minimum Gasteiger partial charge on any atom is -0.316 e. The van der Waals surface area contributed by atoms with Gasteiger partial charge in [-0.2, -0.15) is 0 Å². The first-order chi connectivity index (χ1) is 8.61. The van der Waals surface area contributed by atoms with Crippen molar-refractivity contribution in [3.05, 3.63) is 58.4 Å². The monoisotopic (exact) mass is 263 g/mol. The van der Waals surface area contributed by atoms with Crippen molar-refractivity contribution in [2.24, 2.45) is 0 Å². The molecular weight excluding hydrogens is 249 g/mol. The van der Waals surface area contributed by atoms with E-state index in [9.17, 15) is 4.39 Å². The number of benzene rings is 2. The Labute approximate surface area is 112 Å². The van der Waals surface area contributed by atoms with Gasteiger partial charge in [0.05, 0.1) is 0 Å². The van der Waals surface area contributed by atoms with Crippen LogP contribution in [0.2, 0.25) is 5.02 Å². The normalized spacial score (nSPS) is 10.7. The molecule has 0 saturated heterocycles. The third-order valence-electron chi connectivity index (χ3n) is 2.93. The number of rotatable bonds is 3. The molecule has 0 saturated carbocycles. The molecule has 0 aliphatic heterocycles. The Morgan fingerprint density at radius 1 is 1.11 bits per heavy atom. The van der Waals surface area contributed by atoms with Gasteiger partial charge in [-0.1, -0.05) is 35.9 Å². The molecule has 0 fully saturated rings. The van der Waals surface area contributed by atoms with Crippen molar-refractivity contribution in [1.29, 1.82) is 0 Å². The number of hydrogen-bond donors (Lipinski definition) is 1. The van der Waals surface area contributed by atoms with Gasteiger partial charge in [-0.25, -0.2) is 4.39 Å². The maximum atomic E-state index is 13.5. The van der Waals surface area contributed by atoms with Gasteiger partial charge in [-0.05, 0) is 48.4 Å². The number of halogens is 2. The summed E-state index contributed by atoms with van der Waals surface area (Å²) in [6.07, 6.45) is 0. The zero-order chi connectivity index (χ0) is 13.1. The molecule has 0 unspecified atom stereocenters. The van der Waals surface area contributed by atoms with Gasteiger partial charge in [0.1, 0.15) is 5.82 Å². The van der Waals surface area contributed by atoms with E-state index in [1.807, 2.05) is 31.3 Å². The van der Waals surface area contributed by atoms with E-state index in [0.717, 1.165) is 23.2 Å². The predicted octanol–water partition coefficient (Wildman–Crippen LogP) is 4.17. The van der Waals surface area contributed by atoms with Crippen LogP contribution in [0.3, 0.4) is 0 Å². The maximum Gasteiger partial charge on any atom is 0.126 e. The highest BCUT2D eigenvalue weighted by Gasteiger charge is 2.05. The summed E-state index contributed by atoms with van der Waals surface area (Å²) in [6.45, 7) is 2.48. The smallest absolute Gasteiger partial charge is 0.126 e. The van der Waals surface area contributed by atoms with Crippen LogP contribution in [0.25, 0.3) is 11.1 Å². The molecule has 2 aromatic rings. The largest absolute Gasteiger partial charge is 0.316 e. The van der Waals surface area contributed by atoms with Gasteiger partial charge in [-0.15, -0.1) is 0 Å². The van der Waals surface area contributed by atoms with Crippen molar-refractivity contribution in [1.82, 2.24) is 5.32 Å². The highest BCUT2D eigenvalue weighted by molar-refractivity contribution is 6.31. The highest BCUT2D eigenvalue weighted by Crippen LogP contribution is 2.26. The molecule has 0 radical (unpaired) electrons. The lowest BCUT2D eigenvalue weighted by Crippen LogP contribution is -2.05. The molecule has 0 spiro atoms. The SMILES string of the molecule is CNCc1ccc(-c2ccc(C)c(F)c2)cc1Cl. The fourth-order valence-corrected chi connectivity index (χ4v) is 2.08. The fourth-order valence-electron chi connectivity index (χ4n) is 1.83. The molecule has 94 valence electrons. The summed E-state index contributed by atoms with van der Waals surface area (Å²) in [5.74, 6) is -0.192. The van der Waals surface area contributed by atoms with Crippen LogP contribution in [0, 0.1) is 12.7 Å². The molecule has 0 aliphatic rings. The first-order valence-electron chi connectivity index (χ1n) is 5.81. The Hall–Kier alpha value is -1.38. The standard InChI is InChI=1S/C15H15ClFN/c1-10-3-4-12(8-15(10)17)11-5-6-13(9-18-2)14(16)7-11/h3-8,18H,9H2,1-2H3. The van der Waals surface area contributed by atoms with Gasteiger partial charge in [0.15, 0.2) is 0 Å². The van der Waals surface area contributed by atoms with Crippen LogP contribution in [-0.2, 0) is 6.54 Å². The van der Waals surface area contributed by atoms with Crippen LogP contribution in [0.15, 0.2) is 36.4 Å². The first kappa shape index (κ1) is 13.1. The van der Waals surface area contributed by atoms with Crippen molar-refractivity contribution < 1.29 is 4.39 Å². The molecule has 18 heavy (non-hydrogen) atoms. The van der Waals surface area contributed by atoms with E-state index in [4.69, 9.17) is 11.6 Å². The predicted molar refractivity (Wildman–Crippen MR) is 74.3 cm³/mol. The van der Waals surface area contributed by atoms with Gasteiger partial charge in [0, 0.05) is 11.6 Å². The van der Waals surface area contributed by atoms with Crippen LogP contribution >= 0.6 is 11.6 Å². The molecule has 1 N–H and O–H groups in total. The second-order valence-corrected chi connectivity index (χ2v) is 4.71. The fraction of sp³-hybridized carbons (Fsp3) is 0.200. The molecule has 0 atom stereocenters. The van der Waals surface area contributed by atoms with Crippen LogP contribution in [0.1, 0.15) is 11.1 Å². The molecule has 0 amide bonds. The van der Waals surface area contributed by atoms with E-state index in [1.165, 1.54) is 0 Å². The van der Waals surface area contributed by atoms with Crippen LogP contribution in [0.4, 0.5) is 4.39 Å². The average molecular weight is 264 g/mol. The minimum absolute atomic E-state index is 0.192.